The van der Waals surface area contributed by atoms with Crippen molar-refractivity contribution in [2.75, 3.05) is 27.4 Å². The van der Waals surface area contributed by atoms with E-state index in [4.69, 9.17) is 9.47 Å². The van der Waals surface area contributed by atoms with Crippen LogP contribution in [0.5, 0.6) is 0 Å². The molecular formula is C22H30N6O4S. The number of sulfone groups is 1. The SMILES string of the molecule is COCC(COC)n1c(CS(=O)(=O)[C@@H](C)[C@H](C)c2ncc(C)cn2)nnc1-c1cccnc1. The highest BCUT2D eigenvalue weighted by Gasteiger charge is 2.33. The Hall–Kier alpha value is -2.76. The lowest BCUT2D eigenvalue weighted by molar-refractivity contribution is 0.0890. The molecule has 0 aromatic carbocycles. The zero-order chi connectivity index (χ0) is 24.0. The zero-order valence-corrected chi connectivity index (χ0v) is 20.4. The molecule has 0 aliphatic rings. The average Bonchev–Trinajstić information content (AvgIpc) is 3.21. The first-order valence-electron chi connectivity index (χ1n) is 10.6. The molecule has 10 nitrogen and oxygen atoms in total. The first-order chi connectivity index (χ1) is 15.8. The topological polar surface area (TPSA) is 122 Å². The van der Waals surface area contributed by atoms with Crippen molar-refractivity contribution in [3.8, 4) is 11.4 Å². The first kappa shape index (κ1) is 24.9. The minimum absolute atomic E-state index is 0.290. The average molecular weight is 475 g/mol. The predicted molar refractivity (Wildman–Crippen MR) is 123 cm³/mol. The smallest absolute Gasteiger partial charge is 0.165 e. The van der Waals surface area contributed by atoms with Gasteiger partial charge in [0.25, 0.3) is 0 Å². The minimum Gasteiger partial charge on any atom is -0.382 e. The predicted octanol–water partition coefficient (Wildman–Crippen LogP) is 2.38. The molecule has 33 heavy (non-hydrogen) atoms. The Kier molecular flexibility index (Phi) is 8.22. The second-order valence-electron chi connectivity index (χ2n) is 8.04. The molecule has 0 aliphatic carbocycles. The molecule has 3 rings (SSSR count). The Balaban J connectivity index is 1.97. The van der Waals surface area contributed by atoms with Crippen molar-refractivity contribution < 1.29 is 17.9 Å². The van der Waals surface area contributed by atoms with Gasteiger partial charge in [0.15, 0.2) is 15.7 Å². The van der Waals surface area contributed by atoms with Crippen LogP contribution in [-0.2, 0) is 25.1 Å². The lowest BCUT2D eigenvalue weighted by Gasteiger charge is -2.23. The van der Waals surface area contributed by atoms with Crippen LogP contribution in [0.3, 0.4) is 0 Å². The maximum Gasteiger partial charge on any atom is 0.165 e. The summed E-state index contributed by atoms with van der Waals surface area (Å²) < 4.78 is 39.3. The van der Waals surface area contributed by atoms with Crippen molar-refractivity contribution in [3.63, 3.8) is 0 Å². The largest absolute Gasteiger partial charge is 0.382 e. The molecule has 3 aromatic heterocycles. The van der Waals surface area contributed by atoms with Crippen LogP contribution in [0, 0.1) is 6.92 Å². The molecule has 3 aromatic rings. The van der Waals surface area contributed by atoms with E-state index in [0.717, 1.165) is 11.1 Å². The van der Waals surface area contributed by atoms with Crippen molar-refractivity contribution in [1.82, 2.24) is 29.7 Å². The van der Waals surface area contributed by atoms with E-state index in [9.17, 15) is 8.42 Å². The summed E-state index contributed by atoms with van der Waals surface area (Å²) in [6.45, 7) is 5.98. The Labute approximate surface area is 194 Å². The maximum absolute atomic E-state index is 13.4. The van der Waals surface area contributed by atoms with Gasteiger partial charge in [-0.25, -0.2) is 18.4 Å². The summed E-state index contributed by atoms with van der Waals surface area (Å²) in [4.78, 5) is 12.8. The molecule has 0 saturated carbocycles. The number of pyridine rings is 1. The van der Waals surface area contributed by atoms with Crippen LogP contribution in [0.1, 0.15) is 43.0 Å². The van der Waals surface area contributed by atoms with Gasteiger partial charge in [-0.1, -0.05) is 6.92 Å². The number of hydrogen-bond acceptors (Lipinski definition) is 9. The Morgan fingerprint density at radius 2 is 1.70 bits per heavy atom. The second kappa shape index (κ2) is 10.9. The monoisotopic (exact) mass is 474 g/mol. The summed E-state index contributed by atoms with van der Waals surface area (Å²) in [5.74, 6) is 0.637. The standard InChI is InChI=1S/C22H30N6O4S/c1-15-9-24-21(25-10-15)16(2)17(3)33(29,30)14-20-26-27-22(18-7-6-8-23-11-18)28(20)19(12-31-4)13-32-5/h6-11,16-17,19H,12-14H2,1-5H3/t16-,17-/m0/s1. The van der Waals surface area contributed by atoms with Crippen LogP contribution < -0.4 is 0 Å². The molecule has 0 bridgehead atoms. The zero-order valence-electron chi connectivity index (χ0n) is 19.5. The highest BCUT2D eigenvalue weighted by molar-refractivity contribution is 7.91. The molecule has 178 valence electrons. The molecular weight excluding hydrogens is 444 g/mol. The molecule has 3 heterocycles. The molecule has 2 atom stereocenters. The molecule has 0 fully saturated rings. The Bertz CT molecular complexity index is 1130. The van der Waals surface area contributed by atoms with Gasteiger partial charge in [-0.15, -0.1) is 10.2 Å². The molecule has 0 amide bonds. The van der Waals surface area contributed by atoms with Gasteiger partial charge in [0.1, 0.15) is 17.4 Å². The Morgan fingerprint density at radius 3 is 2.27 bits per heavy atom. The van der Waals surface area contributed by atoms with Crippen LogP contribution in [0.15, 0.2) is 36.9 Å². The highest BCUT2D eigenvalue weighted by atomic mass is 32.2. The van der Waals surface area contributed by atoms with E-state index >= 15 is 0 Å². The number of methoxy groups -OCH3 is 2. The van der Waals surface area contributed by atoms with Crippen molar-refractivity contribution >= 4 is 9.84 Å². The summed E-state index contributed by atoms with van der Waals surface area (Å²) in [6.07, 6.45) is 6.70. The van der Waals surface area contributed by atoms with E-state index in [-0.39, 0.29) is 11.8 Å². The van der Waals surface area contributed by atoms with Crippen molar-refractivity contribution in [3.05, 3.63) is 54.1 Å². The second-order valence-corrected chi connectivity index (χ2v) is 10.4. The molecule has 0 radical (unpaired) electrons. The lowest BCUT2D eigenvalue weighted by Crippen LogP contribution is -2.29. The third-order valence-corrected chi connectivity index (χ3v) is 7.78. The number of aromatic nitrogens is 6. The molecule has 0 unspecified atom stereocenters. The van der Waals surface area contributed by atoms with Crippen molar-refractivity contribution in [1.29, 1.82) is 0 Å². The van der Waals surface area contributed by atoms with Gasteiger partial charge in [-0.05, 0) is 31.5 Å². The fourth-order valence-corrected chi connectivity index (χ4v) is 5.11. The van der Waals surface area contributed by atoms with E-state index in [0.29, 0.717) is 30.7 Å². The summed E-state index contributed by atoms with van der Waals surface area (Å²) in [5.41, 5.74) is 1.64. The summed E-state index contributed by atoms with van der Waals surface area (Å²) >= 11 is 0. The Morgan fingerprint density at radius 1 is 1.03 bits per heavy atom. The molecule has 11 heteroatoms. The molecule has 0 saturated heterocycles. The van der Waals surface area contributed by atoms with E-state index in [1.807, 2.05) is 19.9 Å². The normalized spacial score (nSPS) is 13.9. The van der Waals surface area contributed by atoms with E-state index in [1.54, 1.807) is 56.6 Å². The van der Waals surface area contributed by atoms with E-state index in [1.165, 1.54) is 0 Å². The maximum atomic E-state index is 13.4. The molecule has 0 N–H and O–H groups in total. The van der Waals surface area contributed by atoms with Gasteiger partial charge < -0.3 is 14.0 Å². The van der Waals surface area contributed by atoms with E-state index < -0.39 is 21.0 Å². The third kappa shape index (κ3) is 5.79. The van der Waals surface area contributed by atoms with Crippen LogP contribution in [0.25, 0.3) is 11.4 Å². The quantitative estimate of drug-likeness (QED) is 0.412. The summed E-state index contributed by atoms with van der Waals surface area (Å²) in [7, 11) is -0.462. The number of hydrogen-bond donors (Lipinski definition) is 0. The fraction of sp³-hybridized carbons (Fsp3) is 0.500. The van der Waals surface area contributed by atoms with Crippen LogP contribution in [0.2, 0.25) is 0 Å². The lowest BCUT2D eigenvalue weighted by atomic mass is 10.1. The number of nitrogens with zero attached hydrogens (tertiary/aromatic N) is 6. The molecule has 0 spiro atoms. The number of aryl methyl sites for hydroxylation is 1. The van der Waals surface area contributed by atoms with Gasteiger partial charge in [-0.2, -0.15) is 0 Å². The van der Waals surface area contributed by atoms with Gasteiger partial charge in [0.05, 0.1) is 24.5 Å². The van der Waals surface area contributed by atoms with Crippen molar-refractivity contribution in [2.45, 2.75) is 43.7 Å². The number of ether oxygens (including phenoxy) is 2. The first-order valence-corrected chi connectivity index (χ1v) is 12.3. The minimum atomic E-state index is -3.63. The van der Waals surface area contributed by atoms with Gasteiger partial charge >= 0.3 is 0 Å². The van der Waals surface area contributed by atoms with Crippen LogP contribution >= 0.6 is 0 Å². The molecule has 0 aliphatic heterocycles. The van der Waals surface area contributed by atoms with Crippen LogP contribution in [0.4, 0.5) is 0 Å². The highest BCUT2D eigenvalue weighted by Crippen LogP contribution is 2.27. The summed E-state index contributed by atoms with van der Waals surface area (Å²) in [6, 6.07) is 3.32. The van der Waals surface area contributed by atoms with Crippen molar-refractivity contribution in [2.24, 2.45) is 0 Å². The van der Waals surface area contributed by atoms with Gasteiger partial charge in [0, 0.05) is 50.5 Å². The fourth-order valence-electron chi connectivity index (χ4n) is 3.55. The van der Waals surface area contributed by atoms with Crippen LogP contribution in [-0.4, -0.2) is 70.8 Å². The summed E-state index contributed by atoms with van der Waals surface area (Å²) in [5, 5.41) is 7.83. The number of rotatable bonds is 11. The van der Waals surface area contributed by atoms with E-state index in [2.05, 4.69) is 25.1 Å². The van der Waals surface area contributed by atoms with Gasteiger partial charge in [-0.3, -0.25) is 4.98 Å². The third-order valence-electron chi connectivity index (χ3n) is 5.58. The van der Waals surface area contributed by atoms with Gasteiger partial charge in [0.2, 0.25) is 0 Å².